The van der Waals surface area contributed by atoms with Crippen molar-refractivity contribution in [3.8, 4) is 0 Å². The second-order valence-corrected chi connectivity index (χ2v) is 6.52. The number of nitrogens with zero attached hydrogens (tertiary/aromatic N) is 3. The molecule has 1 aromatic rings. The first-order valence-electron chi connectivity index (χ1n) is 6.82. The fraction of sp³-hybridized carbons (Fsp3) is 0.188. The van der Waals surface area contributed by atoms with Crippen molar-refractivity contribution in [2.24, 2.45) is 4.99 Å². The number of amidine groups is 2. The molecule has 0 radical (unpaired) electrons. The maximum Gasteiger partial charge on any atom is 0.283 e. The molecule has 0 unspecified atom stereocenters. The molecule has 0 fully saturated rings. The van der Waals surface area contributed by atoms with Crippen molar-refractivity contribution >= 4 is 40.4 Å². The quantitative estimate of drug-likeness (QED) is 0.853. The summed E-state index contributed by atoms with van der Waals surface area (Å²) in [5.41, 5.74) is 2.28. The van der Waals surface area contributed by atoms with E-state index in [1.165, 1.54) is 11.8 Å². The second kappa shape index (κ2) is 5.46. The van der Waals surface area contributed by atoms with Gasteiger partial charge in [0.15, 0.2) is 5.17 Å². The standard InChI is InChI=1S/C16H16N4OS/c1-10-9-20-14(17)13(15(21)18-16(20)22-10)8-11-4-6-12(7-5-11)19(2)3/h4-9,17H,1-3H3/b13-8-,17-14?. The fourth-order valence-electron chi connectivity index (χ4n) is 2.24. The monoisotopic (exact) mass is 312 g/mol. The first-order valence-corrected chi connectivity index (χ1v) is 7.64. The van der Waals surface area contributed by atoms with Gasteiger partial charge in [0.25, 0.3) is 5.91 Å². The number of amides is 1. The Morgan fingerprint density at radius 2 is 1.95 bits per heavy atom. The molecular weight excluding hydrogens is 296 g/mol. The van der Waals surface area contributed by atoms with E-state index in [1.54, 1.807) is 11.0 Å². The Morgan fingerprint density at radius 3 is 2.59 bits per heavy atom. The summed E-state index contributed by atoms with van der Waals surface area (Å²) in [7, 11) is 3.95. The zero-order chi connectivity index (χ0) is 15.9. The molecule has 0 saturated carbocycles. The van der Waals surface area contributed by atoms with Gasteiger partial charge in [0, 0.05) is 30.9 Å². The van der Waals surface area contributed by atoms with Gasteiger partial charge in [-0.15, -0.1) is 0 Å². The number of rotatable bonds is 2. The van der Waals surface area contributed by atoms with E-state index >= 15 is 0 Å². The van der Waals surface area contributed by atoms with E-state index in [0.717, 1.165) is 16.2 Å². The van der Waals surface area contributed by atoms with Crippen LogP contribution in [0.1, 0.15) is 12.5 Å². The van der Waals surface area contributed by atoms with Crippen molar-refractivity contribution < 1.29 is 4.79 Å². The summed E-state index contributed by atoms with van der Waals surface area (Å²) in [6.45, 7) is 1.94. The minimum Gasteiger partial charge on any atom is -0.378 e. The molecule has 0 aliphatic carbocycles. The summed E-state index contributed by atoms with van der Waals surface area (Å²) >= 11 is 1.41. The van der Waals surface area contributed by atoms with Gasteiger partial charge in [0.2, 0.25) is 0 Å². The minimum atomic E-state index is -0.358. The average molecular weight is 312 g/mol. The molecule has 112 valence electrons. The highest BCUT2D eigenvalue weighted by Crippen LogP contribution is 2.32. The average Bonchev–Trinajstić information content (AvgIpc) is 2.84. The Bertz CT molecular complexity index is 744. The molecule has 1 amide bonds. The van der Waals surface area contributed by atoms with Crippen molar-refractivity contribution in [1.29, 1.82) is 5.41 Å². The summed E-state index contributed by atoms with van der Waals surface area (Å²) in [6.07, 6.45) is 3.55. The molecule has 2 aliphatic heterocycles. The molecule has 6 heteroatoms. The van der Waals surface area contributed by atoms with Crippen LogP contribution in [0.25, 0.3) is 6.08 Å². The van der Waals surface area contributed by atoms with Gasteiger partial charge in [-0.05, 0) is 30.7 Å². The van der Waals surface area contributed by atoms with Crippen LogP contribution in [0.4, 0.5) is 5.69 Å². The lowest BCUT2D eigenvalue weighted by molar-refractivity contribution is -0.114. The first kappa shape index (κ1) is 14.6. The predicted molar refractivity (Wildman–Crippen MR) is 92.1 cm³/mol. The normalized spacial score (nSPS) is 19.2. The Morgan fingerprint density at radius 1 is 1.27 bits per heavy atom. The maximum absolute atomic E-state index is 12.2. The summed E-state index contributed by atoms with van der Waals surface area (Å²) in [5.74, 6) is -0.181. The van der Waals surface area contributed by atoms with Gasteiger partial charge in [0.05, 0.1) is 5.57 Å². The van der Waals surface area contributed by atoms with E-state index in [0.29, 0.717) is 10.7 Å². The van der Waals surface area contributed by atoms with Crippen LogP contribution < -0.4 is 4.90 Å². The number of anilines is 1. The molecule has 2 aliphatic rings. The summed E-state index contributed by atoms with van der Waals surface area (Å²) < 4.78 is 0. The van der Waals surface area contributed by atoms with Crippen LogP contribution in [-0.4, -0.2) is 35.9 Å². The Kier molecular flexibility index (Phi) is 3.62. The van der Waals surface area contributed by atoms with Gasteiger partial charge in [-0.25, -0.2) is 0 Å². The molecule has 0 bridgehead atoms. The molecule has 0 aromatic heterocycles. The number of aliphatic imine (C=N–C) groups is 1. The van der Waals surface area contributed by atoms with E-state index in [2.05, 4.69) is 4.99 Å². The number of carbonyl (C=O) groups excluding carboxylic acids is 1. The van der Waals surface area contributed by atoms with Crippen LogP contribution >= 0.6 is 11.8 Å². The predicted octanol–water partition coefficient (Wildman–Crippen LogP) is 2.92. The number of benzene rings is 1. The number of nitrogens with one attached hydrogen (secondary N) is 1. The number of allylic oxidation sites excluding steroid dienone is 1. The number of hydrogen-bond acceptors (Lipinski definition) is 4. The van der Waals surface area contributed by atoms with E-state index in [4.69, 9.17) is 5.41 Å². The van der Waals surface area contributed by atoms with Gasteiger partial charge in [-0.2, -0.15) is 4.99 Å². The summed E-state index contributed by atoms with van der Waals surface area (Å²) in [4.78, 5) is 20.9. The molecule has 0 spiro atoms. The van der Waals surface area contributed by atoms with E-state index in [9.17, 15) is 4.79 Å². The third-order valence-corrected chi connectivity index (χ3v) is 4.31. The Labute approximate surface area is 133 Å². The van der Waals surface area contributed by atoms with E-state index < -0.39 is 0 Å². The van der Waals surface area contributed by atoms with Gasteiger partial charge in [0.1, 0.15) is 5.84 Å². The highest BCUT2D eigenvalue weighted by Gasteiger charge is 2.32. The van der Waals surface area contributed by atoms with Gasteiger partial charge >= 0.3 is 0 Å². The largest absolute Gasteiger partial charge is 0.378 e. The lowest BCUT2D eigenvalue weighted by Gasteiger charge is -2.22. The van der Waals surface area contributed by atoms with Crippen LogP contribution in [0.15, 0.2) is 45.9 Å². The number of carbonyl (C=O) groups is 1. The van der Waals surface area contributed by atoms with Gasteiger partial charge in [-0.3, -0.25) is 15.1 Å². The first-order chi connectivity index (χ1) is 10.5. The number of thioether (sulfide) groups is 1. The van der Waals surface area contributed by atoms with Crippen LogP contribution in [0.5, 0.6) is 0 Å². The molecule has 0 saturated heterocycles. The third-order valence-electron chi connectivity index (χ3n) is 3.41. The lowest BCUT2D eigenvalue weighted by atomic mass is 10.1. The minimum absolute atomic E-state index is 0.177. The van der Waals surface area contributed by atoms with Crippen LogP contribution in [0.2, 0.25) is 0 Å². The smallest absolute Gasteiger partial charge is 0.283 e. The number of hydrogen-bond donors (Lipinski definition) is 1. The SMILES string of the molecule is CC1=CN2C(=N)/C(=C/c3ccc(N(C)C)cc3)C(=O)N=C2S1. The molecule has 1 N–H and O–H groups in total. The van der Waals surface area contributed by atoms with Gasteiger partial charge < -0.3 is 4.90 Å². The van der Waals surface area contributed by atoms with Crippen molar-refractivity contribution in [1.82, 2.24) is 4.90 Å². The molecule has 0 atom stereocenters. The molecule has 22 heavy (non-hydrogen) atoms. The number of fused-ring (bicyclic) bond motifs is 1. The maximum atomic E-state index is 12.2. The highest BCUT2D eigenvalue weighted by atomic mass is 32.2. The summed E-state index contributed by atoms with van der Waals surface area (Å²) in [5, 5.41) is 8.81. The topological polar surface area (TPSA) is 59.8 Å². The molecule has 1 aromatic carbocycles. The van der Waals surface area contributed by atoms with Crippen molar-refractivity contribution in [3.05, 3.63) is 46.5 Å². The Balaban J connectivity index is 1.94. The second-order valence-electron chi connectivity index (χ2n) is 5.30. The molecular formula is C16H16N4OS. The summed E-state index contributed by atoms with van der Waals surface area (Å²) in [6, 6.07) is 7.82. The van der Waals surface area contributed by atoms with Crippen LogP contribution in [-0.2, 0) is 4.79 Å². The van der Waals surface area contributed by atoms with Crippen molar-refractivity contribution in [2.75, 3.05) is 19.0 Å². The van der Waals surface area contributed by atoms with E-state index in [1.807, 2.05) is 56.4 Å². The Hall–Kier alpha value is -2.34. The van der Waals surface area contributed by atoms with Crippen LogP contribution in [0, 0.1) is 5.41 Å². The van der Waals surface area contributed by atoms with Crippen LogP contribution in [0.3, 0.4) is 0 Å². The fourth-order valence-corrected chi connectivity index (χ4v) is 3.05. The van der Waals surface area contributed by atoms with Crippen molar-refractivity contribution in [2.45, 2.75) is 6.92 Å². The molecule has 2 heterocycles. The zero-order valence-electron chi connectivity index (χ0n) is 12.6. The third kappa shape index (κ3) is 2.57. The zero-order valence-corrected chi connectivity index (χ0v) is 13.4. The van der Waals surface area contributed by atoms with Crippen molar-refractivity contribution in [3.63, 3.8) is 0 Å². The van der Waals surface area contributed by atoms with E-state index in [-0.39, 0.29) is 11.7 Å². The highest BCUT2D eigenvalue weighted by molar-refractivity contribution is 8.17. The lowest BCUT2D eigenvalue weighted by Crippen LogP contribution is -2.35. The molecule has 5 nitrogen and oxygen atoms in total. The van der Waals surface area contributed by atoms with Gasteiger partial charge in [-0.1, -0.05) is 23.9 Å². The molecule has 3 rings (SSSR count).